The van der Waals surface area contributed by atoms with Gasteiger partial charge in [0.25, 0.3) is 0 Å². The van der Waals surface area contributed by atoms with E-state index in [2.05, 4.69) is 16.8 Å². The molecule has 1 saturated heterocycles. The first-order valence-corrected chi connectivity index (χ1v) is 7.42. The summed E-state index contributed by atoms with van der Waals surface area (Å²) >= 11 is 1.63. The number of anilines is 1. The quantitative estimate of drug-likeness (QED) is 0.787. The van der Waals surface area contributed by atoms with Gasteiger partial charge in [0.05, 0.1) is 18.7 Å². The van der Waals surface area contributed by atoms with Crippen molar-refractivity contribution in [2.75, 3.05) is 24.6 Å². The number of ether oxygens (including phenoxy) is 1. The molecule has 0 N–H and O–H groups in total. The molecule has 0 bridgehead atoms. The van der Waals surface area contributed by atoms with E-state index in [9.17, 15) is 4.79 Å². The van der Waals surface area contributed by atoms with Gasteiger partial charge in [-0.2, -0.15) is 0 Å². The van der Waals surface area contributed by atoms with Crippen LogP contribution < -0.4 is 4.90 Å². The Morgan fingerprint density at radius 1 is 1.67 bits per heavy atom. The molecule has 0 spiro atoms. The highest BCUT2D eigenvalue weighted by atomic mass is 32.1. The maximum absolute atomic E-state index is 11.4. The van der Waals surface area contributed by atoms with Gasteiger partial charge in [0, 0.05) is 18.5 Å². The van der Waals surface area contributed by atoms with Crippen LogP contribution in [0.4, 0.5) is 5.13 Å². The van der Waals surface area contributed by atoms with Crippen LogP contribution in [0, 0.1) is 5.92 Å². The first-order chi connectivity index (χ1) is 8.69. The zero-order valence-electron chi connectivity index (χ0n) is 11.0. The van der Waals surface area contributed by atoms with Crippen molar-refractivity contribution in [2.45, 2.75) is 33.1 Å². The van der Waals surface area contributed by atoms with Gasteiger partial charge in [-0.05, 0) is 25.7 Å². The molecule has 1 fully saturated rings. The number of hydrogen-bond donors (Lipinski definition) is 0. The fourth-order valence-electron chi connectivity index (χ4n) is 2.25. The molecular weight excluding hydrogens is 248 g/mol. The lowest BCUT2D eigenvalue weighted by Crippen LogP contribution is -2.34. The molecule has 2 heterocycles. The first-order valence-electron chi connectivity index (χ1n) is 6.54. The van der Waals surface area contributed by atoms with Crippen LogP contribution in [0.15, 0.2) is 5.38 Å². The smallest absolute Gasteiger partial charge is 0.311 e. The van der Waals surface area contributed by atoms with Gasteiger partial charge in [0.1, 0.15) is 0 Å². The van der Waals surface area contributed by atoms with Crippen molar-refractivity contribution in [3.05, 3.63) is 11.1 Å². The van der Waals surface area contributed by atoms with Crippen LogP contribution in [0.5, 0.6) is 0 Å². The second-order valence-electron chi connectivity index (χ2n) is 4.80. The molecule has 0 aromatic carbocycles. The average Bonchev–Trinajstić information content (AvgIpc) is 2.78. The molecule has 2 rings (SSSR count). The van der Waals surface area contributed by atoms with Crippen molar-refractivity contribution in [3.63, 3.8) is 0 Å². The Bertz CT molecular complexity index is 405. The minimum absolute atomic E-state index is 0.193. The molecule has 5 heteroatoms. The number of aromatic nitrogens is 1. The topological polar surface area (TPSA) is 42.4 Å². The molecule has 0 saturated carbocycles. The summed E-state index contributed by atoms with van der Waals surface area (Å²) in [7, 11) is 0. The van der Waals surface area contributed by atoms with Gasteiger partial charge in [-0.25, -0.2) is 4.98 Å². The number of hydrogen-bond acceptors (Lipinski definition) is 5. The predicted molar refractivity (Wildman–Crippen MR) is 73.1 cm³/mol. The first kappa shape index (κ1) is 13.3. The summed E-state index contributed by atoms with van der Waals surface area (Å²) in [5, 5.41) is 3.01. The van der Waals surface area contributed by atoms with Crippen LogP contribution >= 0.6 is 11.3 Å². The second-order valence-corrected chi connectivity index (χ2v) is 5.63. The molecule has 100 valence electrons. The standard InChI is InChI=1S/C13H20N2O2S/c1-3-17-12(16)7-11-9-18-13(14-11)15-6-4-5-10(2)8-15/h9-10H,3-8H2,1-2H3. The fraction of sp³-hybridized carbons (Fsp3) is 0.692. The van der Waals surface area contributed by atoms with Gasteiger partial charge < -0.3 is 9.64 Å². The molecule has 0 radical (unpaired) electrons. The van der Waals surface area contributed by atoms with Crippen LogP contribution in [0.3, 0.4) is 0 Å². The number of thiazole rings is 1. The van der Waals surface area contributed by atoms with E-state index in [1.807, 2.05) is 12.3 Å². The Hall–Kier alpha value is -1.10. The van der Waals surface area contributed by atoms with E-state index in [-0.39, 0.29) is 12.4 Å². The summed E-state index contributed by atoms with van der Waals surface area (Å²) in [5.41, 5.74) is 0.826. The largest absolute Gasteiger partial charge is 0.466 e. The summed E-state index contributed by atoms with van der Waals surface area (Å²) in [4.78, 5) is 18.2. The zero-order valence-corrected chi connectivity index (χ0v) is 11.8. The Labute approximate surface area is 112 Å². The second kappa shape index (κ2) is 6.18. The Morgan fingerprint density at radius 3 is 3.22 bits per heavy atom. The van der Waals surface area contributed by atoms with Gasteiger partial charge in [-0.1, -0.05) is 6.92 Å². The third kappa shape index (κ3) is 3.45. The maximum atomic E-state index is 11.4. The summed E-state index contributed by atoms with van der Waals surface area (Å²) in [6, 6.07) is 0. The van der Waals surface area contributed by atoms with Gasteiger partial charge >= 0.3 is 5.97 Å². The number of rotatable bonds is 4. The molecule has 1 aliphatic rings. The lowest BCUT2D eigenvalue weighted by Gasteiger charge is -2.30. The molecule has 0 amide bonds. The van der Waals surface area contributed by atoms with Crippen molar-refractivity contribution in [3.8, 4) is 0 Å². The zero-order chi connectivity index (χ0) is 13.0. The molecule has 1 aromatic heterocycles. The fourth-order valence-corrected chi connectivity index (χ4v) is 3.11. The molecule has 1 aromatic rings. The lowest BCUT2D eigenvalue weighted by atomic mass is 10.0. The number of piperidine rings is 1. The molecule has 1 aliphatic heterocycles. The molecule has 18 heavy (non-hydrogen) atoms. The van der Waals surface area contributed by atoms with E-state index in [0.717, 1.165) is 29.8 Å². The third-order valence-electron chi connectivity index (χ3n) is 3.10. The van der Waals surface area contributed by atoms with Crippen molar-refractivity contribution in [1.29, 1.82) is 0 Å². The van der Waals surface area contributed by atoms with Crippen molar-refractivity contribution < 1.29 is 9.53 Å². The lowest BCUT2D eigenvalue weighted by molar-refractivity contribution is -0.142. The van der Waals surface area contributed by atoms with Crippen LogP contribution in [-0.4, -0.2) is 30.6 Å². The monoisotopic (exact) mass is 268 g/mol. The number of carbonyl (C=O) groups excluding carboxylic acids is 1. The van der Waals surface area contributed by atoms with E-state index in [4.69, 9.17) is 4.74 Å². The molecule has 0 aliphatic carbocycles. The highest BCUT2D eigenvalue weighted by molar-refractivity contribution is 7.13. The number of carbonyl (C=O) groups is 1. The van der Waals surface area contributed by atoms with E-state index in [0.29, 0.717) is 6.61 Å². The van der Waals surface area contributed by atoms with Crippen LogP contribution in [-0.2, 0) is 16.0 Å². The van der Waals surface area contributed by atoms with Gasteiger partial charge in [0.2, 0.25) is 0 Å². The normalized spacial score (nSPS) is 19.9. The van der Waals surface area contributed by atoms with E-state index < -0.39 is 0 Å². The summed E-state index contributed by atoms with van der Waals surface area (Å²) in [6.45, 7) is 6.68. The third-order valence-corrected chi connectivity index (χ3v) is 4.05. The minimum atomic E-state index is -0.193. The van der Waals surface area contributed by atoms with Crippen LogP contribution in [0.2, 0.25) is 0 Å². The van der Waals surface area contributed by atoms with Gasteiger partial charge in [0.15, 0.2) is 5.13 Å². The van der Waals surface area contributed by atoms with Crippen molar-refractivity contribution in [1.82, 2.24) is 4.98 Å². The molecule has 1 atom stereocenters. The number of nitrogens with zero attached hydrogens (tertiary/aromatic N) is 2. The number of esters is 1. The van der Waals surface area contributed by atoms with E-state index in [1.165, 1.54) is 12.8 Å². The molecular formula is C13H20N2O2S. The highest BCUT2D eigenvalue weighted by Gasteiger charge is 2.19. The summed E-state index contributed by atoms with van der Waals surface area (Å²) in [5.74, 6) is 0.539. The average molecular weight is 268 g/mol. The van der Waals surface area contributed by atoms with Gasteiger partial charge in [-0.3, -0.25) is 4.79 Å². The minimum Gasteiger partial charge on any atom is -0.466 e. The van der Waals surface area contributed by atoms with Gasteiger partial charge in [-0.15, -0.1) is 11.3 Å². The summed E-state index contributed by atoms with van der Waals surface area (Å²) in [6.07, 6.45) is 2.82. The Kier molecular flexibility index (Phi) is 4.58. The SMILES string of the molecule is CCOC(=O)Cc1csc(N2CCCC(C)C2)n1. The Balaban J connectivity index is 1.95. The van der Waals surface area contributed by atoms with Crippen molar-refractivity contribution >= 4 is 22.4 Å². The van der Waals surface area contributed by atoms with E-state index in [1.54, 1.807) is 11.3 Å². The van der Waals surface area contributed by atoms with Crippen molar-refractivity contribution in [2.24, 2.45) is 5.92 Å². The predicted octanol–water partition coefficient (Wildman–Crippen LogP) is 2.49. The molecule has 1 unspecified atom stereocenters. The van der Waals surface area contributed by atoms with Crippen LogP contribution in [0.25, 0.3) is 0 Å². The maximum Gasteiger partial charge on any atom is 0.311 e. The van der Waals surface area contributed by atoms with Crippen LogP contribution in [0.1, 0.15) is 32.4 Å². The van der Waals surface area contributed by atoms with E-state index >= 15 is 0 Å². The summed E-state index contributed by atoms with van der Waals surface area (Å²) < 4.78 is 4.93. The highest BCUT2D eigenvalue weighted by Crippen LogP contribution is 2.26. The molecule has 4 nitrogen and oxygen atoms in total. The Morgan fingerprint density at radius 2 is 2.50 bits per heavy atom.